The number of nitrogens with one attached hydrogen (secondary N) is 1. The molecule has 2 N–H and O–H groups in total. The number of amides is 2. The number of hydrogen-bond acceptors (Lipinski definition) is 7. The van der Waals surface area contributed by atoms with Gasteiger partial charge in [-0.3, -0.25) is 19.7 Å². The molecule has 9 nitrogen and oxygen atoms in total. The van der Waals surface area contributed by atoms with E-state index in [1.54, 1.807) is 29.3 Å². The van der Waals surface area contributed by atoms with Crippen LogP contribution in [0.2, 0.25) is 0 Å². The normalized spacial score (nSPS) is 23.8. The van der Waals surface area contributed by atoms with E-state index in [1.807, 2.05) is 26.0 Å². The minimum atomic E-state index is -0.866. The minimum Gasteiger partial charge on any atom is -0.391 e. The highest BCUT2D eigenvalue weighted by Crippen LogP contribution is 2.36. The third kappa shape index (κ3) is 3.76. The first-order valence-electron chi connectivity index (χ1n) is 10.4. The summed E-state index contributed by atoms with van der Waals surface area (Å²) in [6, 6.07) is 11.5. The molecule has 1 saturated heterocycles. The summed E-state index contributed by atoms with van der Waals surface area (Å²) in [7, 11) is 0. The smallest absolute Gasteiger partial charge is 0.269 e. The van der Waals surface area contributed by atoms with Crippen LogP contribution in [0.1, 0.15) is 18.9 Å². The van der Waals surface area contributed by atoms with Gasteiger partial charge in [0.05, 0.1) is 28.7 Å². The van der Waals surface area contributed by atoms with Crippen molar-refractivity contribution in [3.8, 4) is 0 Å². The van der Waals surface area contributed by atoms with Crippen LogP contribution in [0.3, 0.4) is 0 Å². The molecule has 1 fully saturated rings. The van der Waals surface area contributed by atoms with E-state index in [4.69, 9.17) is 0 Å². The highest BCUT2D eigenvalue weighted by Gasteiger charge is 2.53. The van der Waals surface area contributed by atoms with E-state index >= 15 is 0 Å². The van der Waals surface area contributed by atoms with Crippen LogP contribution in [0.4, 0.5) is 17.1 Å². The number of aryl methyl sites for hydroxylation is 1. The SMILES string of the molecule is CC[C@@H](O)[C@H]1C=C[C@H]2C(=O)N(c3ccc(C)cc3)C(=O)[C@H]2N1Nc1ccc([N+](=O)[O-])cc1. The van der Waals surface area contributed by atoms with Crippen LogP contribution in [-0.2, 0) is 9.59 Å². The fourth-order valence-electron chi connectivity index (χ4n) is 4.12. The summed E-state index contributed by atoms with van der Waals surface area (Å²) < 4.78 is 0. The number of aliphatic hydroxyl groups is 1. The van der Waals surface area contributed by atoms with Gasteiger partial charge in [-0.2, -0.15) is 0 Å². The lowest BCUT2D eigenvalue weighted by molar-refractivity contribution is -0.384. The number of rotatable bonds is 6. The Morgan fingerprint density at radius 1 is 1.06 bits per heavy atom. The first-order valence-corrected chi connectivity index (χ1v) is 10.4. The van der Waals surface area contributed by atoms with Crippen LogP contribution in [0.25, 0.3) is 0 Å². The molecule has 2 heterocycles. The van der Waals surface area contributed by atoms with Gasteiger partial charge in [0, 0.05) is 17.8 Å². The molecule has 2 aliphatic rings. The van der Waals surface area contributed by atoms with Gasteiger partial charge in [-0.05, 0) is 37.6 Å². The molecule has 2 aromatic carbocycles. The Bertz CT molecular complexity index is 1070. The van der Waals surface area contributed by atoms with Gasteiger partial charge in [0.25, 0.3) is 11.6 Å². The molecule has 0 saturated carbocycles. The fraction of sp³-hybridized carbons (Fsp3) is 0.304. The van der Waals surface area contributed by atoms with Gasteiger partial charge in [-0.15, -0.1) is 0 Å². The molecule has 2 aromatic rings. The molecule has 2 amide bonds. The van der Waals surface area contributed by atoms with Crippen molar-refractivity contribution in [2.45, 2.75) is 38.5 Å². The number of carbonyl (C=O) groups is 2. The number of hydrogen-bond donors (Lipinski definition) is 2. The summed E-state index contributed by atoms with van der Waals surface area (Å²) in [5.41, 5.74) is 5.07. The number of nitro groups is 1. The van der Waals surface area contributed by atoms with Gasteiger partial charge in [-0.25, -0.2) is 9.91 Å². The van der Waals surface area contributed by atoms with Crippen molar-refractivity contribution in [2.75, 3.05) is 10.3 Å². The van der Waals surface area contributed by atoms with Crippen molar-refractivity contribution in [1.29, 1.82) is 0 Å². The highest BCUT2D eigenvalue weighted by molar-refractivity contribution is 6.24. The first-order chi connectivity index (χ1) is 15.3. The van der Waals surface area contributed by atoms with E-state index in [0.717, 1.165) is 5.56 Å². The predicted molar refractivity (Wildman–Crippen MR) is 119 cm³/mol. The zero-order valence-corrected chi connectivity index (χ0v) is 17.7. The zero-order valence-electron chi connectivity index (χ0n) is 17.7. The predicted octanol–water partition coefficient (Wildman–Crippen LogP) is 2.80. The summed E-state index contributed by atoms with van der Waals surface area (Å²) in [4.78, 5) is 38.3. The number of hydrazine groups is 1. The van der Waals surface area contributed by atoms with Gasteiger partial charge in [0.2, 0.25) is 5.91 Å². The largest absolute Gasteiger partial charge is 0.391 e. The second-order valence-electron chi connectivity index (χ2n) is 7.99. The second kappa shape index (κ2) is 8.52. The maximum Gasteiger partial charge on any atom is 0.269 e. The van der Waals surface area contributed by atoms with E-state index in [0.29, 0.717) is 17.8 Å². The molecule has 4 rings (SSSR count). The van der Waals surface area contributed by atoms with Gasteiger partial charge in [0.15, 0.2) is 0 Å². The number of nitro benzene ring substituents is 1. The lowest BCUT2D eigenvalue weighted by Crippen LogP contribution is -2.57. The van der Waals surface area contributed by atoms with Crippen LogP contribution >= 0.6 is 0 Å². The molecule has 0 aromatic heterocycles. The molecule has 9 heteroatoms. The summed E-state index contributed by atoms with van der Waals surface area (Å²) in [5.74, 6) is -1.44. The van der Waals surface area contributed by atoms with Crippen molar-refractivity contribution in [3.63, 3.8) is 0 Å². The summed E-state index contributed by atoms with van der Waals surface area (Å²) >= 11 is 0. The average Bonchev–Trinajstić information content (AvgIpc) is 3.05. The van der Waals surface area contributed by atoms with Crippen molar-refractivity contribution in [2.24, 2.45) is 5.92 Å². The lowest BCUT2D eigenvalue weighted by atomic mass is 9.92. The number of non-ortho nitro benzene ring substituents is 1. The molecular formula is C23H24N4O5. The van der Waals surface area contributed by atoms with Gasteiger partial charge >= 0.3 is 0 Å². The summed E-state index contributed by atoms with van der Waals surface area (Å²) in [5, 5.41) is 23.1. The van der Waals surface area contributed by atoms with Crippen molar-refractivity contribution < 1.29 is 19.6 Å². The average molecular weight is 436 g/mol. The Labute approximate surface area is 185 Å². The van der Waals surface area contributed by atoms with Crippen LogP contribution < -0.4 is 10.3 Å². The quantitative estimate of drug-likeness (QED) is 0.310. The van der Waals surface area contributed by atoms with E-state index in [1.165, 1.54) is 29.2 Å². The molecule has 4 atom stereocenters. The number of aliphatic hydroxyl groups excluding tert-OH is 1. The lowest BCUT2D eigenvalue weighted by Gasteiger charge is -2.40. The monoisotopic (exact) mass is 436 g/mol. The molecule has 32 heavy (non-hydrogen) atoms. The maximum atomic E-state index is 13.5. The number of nitrogens with zero attached hydrogens (tertiary/aromatic N) is 3. The van der Waals surface area contributed by atoms with E-state index in [9.17, 15) is 24.8 Å². The minimum absolute atomic E-state index is 0.0604. The Morgan fingerprint density at radius 3 is 2.31 bits per heavy atom. The molecule has 0 unspecified atom stereocenters. The number of imide groups is 1. The molecule has 2 aliphatic heterocycles. The van der Waals surface area contributed by atoms with Crippen molar-refractivity contribution >= 4 is 28.9 Å². The maximum absolute atomic E-state index is 13.5. The van der Waals surface area contributed by atoms with Gasteiger partial charge in [0.1, 0.15) is 6.04 Å². The molecule has 0 aliphatic carbocycles. The highest BCUT2D eigenvalue weighted by atomic mass is 16.6. The Hall–Kier alpha value is -3.56. The molecular weight excluding hydrogens is 412 g/mol. The first kappa shape index (κ1) is 21.7. The van der Waals surface area contributed by atoms with E-state index in [2.05, 4.69) is 5.43 Å². The van der Waals surface area contributed by atoms with Gasteiger partial charge in [-0.1, -0.05) is 36.8 Å². The summed E-state index contributed by atoms with van der Waals surface area (Å²) in [6.07, 6.45) is 3.08. The molecule has 166 valence electrons. The molecule has 0 bridgehead atoms. The second-order valence-corrected chi connectivity index (χ2v) is 7.99. The third-order valence-electron chi connectivity index (χ3n) is 5.90. The third-order valence-corrected chi connectivity index (χ3v) is 5.90. The summed E-state index contributed by atoms with van der Waals surface area (Å²) in [6.45, 7) is 3.75. The van der Waals surface area contributed by atoms with E-state index < -0.39 is 34.9 Å². The zero-order chi connectivity index (χ0) is 23.0. The molecule has 0 radical (unpaired) electrons. The Morgan fingerprint density at radius 2 is 1.72 bits per heavy atom. The van der Waals surface area contributed by atoms with Crippen LogP contribution in [0.15, 0.2) is 60.7 Å². The van der Waals surface area contributed by atoms with Crippen LogP contribution in [0, 0.1) is 23.0 Å². The fourth-order valence-corrected chi connectivity index (χ4v) is 4.12. The number of carbonyl (C=O) groups excluding carboxylic acids is 2. The van der Waals surface area contributed by atoms with Crippen LogP contribution in [-0.4, -0.2) is 45.0 Å². The number of fused-ring (bicyclic) bond motifs is 1. The standard InChI is InChI=1S/C23H24N4O5/c1-3-20(28)19-13-12-18-21(26(19)24-15-6-10-17(11-7-15)27(31)32)23(30)25(22(18)29)16-8-4-14(2)5-9-16/h4-13,18-21,24,28H,3H2,1-2H3/t18-,19-,20-,21+/m1/s1. The van der Waals surface area contributed by atoms with E-state index in [-0.39, 0.29) is 11.6 Å². The van der Waals surface area contributed by atoms with Gasteiger partial charge < -0.3 is 10.5 Å². The van der Waals surface area contributed by atoms with Crippen molar-refractivity contribution in [3.05, 3.63) is 76.4 Å². The topological polar surface area (TPSA) is 116 Å². The molecule has 0 spiro atoms. The number of anilines is 2. The van der Waals surface area contributed by atoms with Crippen LogP contribution in [0.5, 0.6) is 0 Å². The number of benzene rings is 2. The Kier molecular flexibility index (Phi) is 5.77. The van der Waals surface area contributed by atoms with Crippen molar-refractivity contribution in [1.82, 2.24) is 5.01 Å². The Balaban J connectivity index is 1.69.